The van der Waals surface area contributed by atoms with Crippen LogP contribution in [0.25, 0.3) is 0 Å². The number of hydrogen-bond donors (Lipinski definition) is 2. The molecule has 0 aliphatic rings. The Morgan fingerprint density at radius 3 is 2.35 bits per heavy atom. The van der Waals surface area contributed by atoms with Gasteiger partial charge in [0.25, 0.3) is 0 Å². The van der Waals surface area contributed by atoms with Gasteiger partial charge in [0.15, 0.2) is 0 Å². The Kier molecular flexibility index (Phi) is 5.66. The van der Waals surface area contributed by atoms with Crippen LogP contribution in [0.3, 0.4) is 0 Å². The van der Waals surface area contributed by atoms with Gasteiger partial charge < -0.3 is 10.4 Å². The van der Waals surface area contributed by atoms with Crippen molar-refractivity contribution in [2.45, 2.75) is 39.7 Å². The lowest BCUT2D eigenvalue weighted by molar-refractivity contribution is 0.198. The molecule has 1 unspecified atom stereocenters. The molecule has 2 nitrogen and oxygen atoms in total. The highest BCUT2D eigenvalue weighted by Gasteiger charge is 2.22. The number of benzene rings is 1. The van der Waals surface area contributed by atoms with Crippen LogP contribution in [0.2, 0.25) is 0 Å². The molecule has 17 heavy (non-hydrogen) atoms. The fourth-order valence-electron chi connectivity index (χ4n) is 2.01. The normalized spacial score (nSPS) is 13.6. The third kappa shape index (κ3) is 5.33. The van der Waals surface area contributed by atoms with Crippen molar-refractivity contribution in [2.24, 2.45) is 5.41 Å². The first-order chi connectivity index (χ1) is 8.04. The van der Waals surface area contributed by atoms with Crippen molar-refractivity contribution in [2.75, 3.05) is 13.2 Å². The highest BCUT2D eigenvalue weighted by atomic mass is 16.3. The minimum atomic E-state index is 0.194. The lowest BCUT2D eigenvalue weighted by atomic mass is 9.85. The van der Waals surface area contributed by atoms with E-state index in [0.29, 0.717) is 6.04 Å². The largest absolute Gasteiger partial charge is 0.396 e. The molecular weight excluding hydrogens is 210 g/mol. The first kappa shape index (κ1) is 14.2. The lowest BCUT2D eigenvalue weighted by Crippen LogP contribution is -2.41. The second kappa shape index (κ2) is 6.77. The monoisotopic (exact) mass is 235 g/mol. The van der Waals surface area contributed by atoms with Crippen LogP contribution < -0.4 is 5.32 Å². The van der Waals surface area contributed by atoms with E-state index in [0.717, 1.165) is 19.4 Å². The fraction of sp³-hybridized carbons (Fsp3) is 0.600. The van der Waals surface area contributed by atoms with Crippen molar-refractivity contribution in [3.05, 3.63) is 35.9 Å². The maximum Gasteiger partial charge on any atom is 0.0446 e. The minimum Gasteiger partial charge on any atom is -0.396 e. The molecule has 0 saturated heterocycles. The summed E-state index contributed by atoms with van der Waals surface area (Å²) in [6.07, 6.45) is 1.86. The minimum absolute atomic E-state index is 0.194. The number of aliphatic hydroxyl groups is 1. The van der Waals surface area contributed by atoms with Crippen LogP contribution in [-0.4, -0.2) is 24.3 Å². The standard InChI is InChI=1S/C15H25NO/c1-15(2,3)14(10-12-17)16-11-9-13-7-5-4-6-8-13/h4-8,14,16-17H,9-12H2,1-3H3. The van der Waals surface area contributed by atoms with Gasteiger partial charge in [0, 0.05) is 12.6 Å². The van der Waals surface area contributed by atoms with Crippen molar-refractivity contribution >= 4 is 0 Å². The first-order valence-electron chi connectivity index (χ1n) is 6.42. The summed E-state index contributed by atoms with van der Waals surface area (Å²) in [5.74, 6) is 0. The van der Waals surface area contributed by atoms with Gasteiger partial charge in [-0.3, -0.25) is 0 Å². The van der Waals surface area contributed by atoms with Crippen molar-refractivity contribution in [3.8, 4) is 0 Å². The van der Waals surface area contributed by atoms with Crippen molar-refractivity contribution in [1.82, 2.24) is 5.32 Å². The number of aliphatic hydroxyl groups excluding tert-OH is 1. The zero-order valence-corrected chi connectivity index (χ0v) is 11.2. The van der Waals surface area contributed by atoms with E-state index in [9.17, 15) is 0 Å². The Hall–Kier alpha value is -0.860. The van der Waals surface area contributed by atoms with E-state index in [2.05, 4.69) is 50.4 Å². The maximum absolute atomic E-state index is 9.08. The SMILES string of the molecule is CC(C)(C)C(CCO)NCCc1ccccc1. The van der Waals surface area contributed by atoms with Gasteiger partial charge >= 0.3 is 0 Å². The summed E-state index contributed by atoms with van der Waals surface area (Å²) < 4.78 is 0. The second-order valence-electron chi connectivity index (χ2n) is 5.62. The van der Waals surface area contributed by atoms with Crippen LogP contribution in [0, 0.1) is 5.41 Å². The fourth-order valence-corrected chi connectivity index (χ4v) is 2.01. The Balaban J connectivity index is 2.37. The molecule has 1 aromatic carbocycles. The van der Waals surface area contributed by atoms with Crippen LogP contribution >= 0.6 is 0 Å². The van der Waals surface area contributed by atoms with E-state index >= 15 is 0 Å². The molecule has 1 atom stereocenters. The topological polar surface area (TPSA) is 32.3 Å². The molecule has 0 aliphatic heterocycles. The molecule has 0 radical (unpaired) electrons. The Morgan fingerprint density at radius 2 is 1.82 bits per heavy atom. The molecule has 2 heteroatoms. The molecule has 1 aromatic rings. The van der Waals surface area contributed by atoms with Crippen molar-refractivity contribution in [3.63, 3.8) is 0 Å². The van der Waals surface area contributed by atoms with Crippen LogP contribution in [0.15, 0.2) is 30.3 Å². The van der Waals surface area contributed by atoms with E-state index in [1.165, 1.54) is 5.56 Å². The van der Waals surface area contributed by atoms with Gasteiger partial charge in [-0.25, -0.2) is 0 Å². The molecule has 0 spiro atoms. The summed E-state index contributed by atoms with van der Waals surface area (Å²) in [5.41, 5.74) is 1.55. The predicted molar refractivity (Wildman–Crippen MR) is 73.1 cm³/mol. The number of nitrogens with one attached hydrogen (secondary N) is 1. The molecule has 0 fully saturated rings. The van der Waals surface area contributed by atoms with Gasteiger partial charge in [-0.2, -0.15) is 0 Å². The van der Waals surface area contributed by atoms with E-state index in [1.54, 1.807) is 0 Å². The van der Waals surface area contributed by atoms with Crippen LogP contribution in [0.5, 0.6) is 0 Å². The summed E-state index contributed by atoms with van der Waals surface area (Å²) in [5, 5.41) is 12.6. The second-order valence-corrected chi connectivity index (χ2v) is 5.62. The molecule has 0 aliphatic carbocycles. The summed E-state index contributed by atoms with van der Waals surface area (Å²) in [6.45, 7) is 7.85. The molecular formula is C15H25NO. The summed E-state index contributed by atoms with van der Waals surface area (Å²) in [4.78, 5) is 0. The average molecular weight is 235 g/mol. The van der Waals surface area contributed by atoms with Gasteiger partial charge in [0.2, 0.25) is 0 Å². The smallest absolute Gasteiger partial charge is 0.0446 e. The number of rotatable bonds is 6. The molecule has 1 rings (SSSR count). The molecule has 0 amide bonds. The highest BCUT2D eigenvalue weighted by Crippen LogP contribution is 2.21. The van der Waals surface area contributed by atoms with Crippen LogP contribution in [-0.2, 0) is 6.42 Å². The van der Waals surface area contributed by atoms with Crippen LogP contribution in [0.4, 0.5) is 0 Å². The van der Waals surface area contributed by atoms with Crippen LogP contribution in [0.1, 0.15) is 32.8 Å². The van der Waals surface area contributed by atoms with E-state index in [1.807, 2.05) is 6.07 Å². The Labute approximate surface area is 105 Å². The average Bonchev–Trinajstić information content (AvgIpc) is 2.28. The van der Waals surface area contributed by atoms with Gasteiger partial charge in [-0.15, -0.1) is 0 Å². The molecule has 0 heterocycles. The van der Waals surface area contributed by atoms with Gasteiger partial charge in [-0.1, -0.05) is 51.1 Å². The van der Waals surface area contributed by atoms with E-state index in [-0.39, 0.29) is 12.0 Å². The maximum atomic E-state index is 9.08. The number of hydrogen-bond acceptors (Lipinski definition) is 2. The predicted octanol–water partition coefficient (Wildman–Crippen LogP) is 2.62. The molecule has 0 aromatic heterocycles. The zero-order chi connectivity index (χ0) is 12.7. The van der Waals surface area contributed by atoms with E-state index < -0.39 is 0 Å². The third-order valence-corrected chi connectivity index (χ3v) is 3.11. The van der Waals surface area contributed by atoms with Crippen molar-refractivity contribution < 1.29 is 5.11 Å². The van der Waals surface area contributed by atoms with Gasteiger partial charge in [0.1, 0.15) is 0 Å². The van der Waals surface area contributed by atoms with E-state index in [4.69, 9.17) is 5.11 Å². The quantitative estimate of drug-likeness (QED) is 0.794. The van der Waals surface area contributed by atoms with Gasteiger partial charge in [-0.05, 0) is 30.4 Å². The Morgan fingerprint density at radius 1 is 1.18 bits per heavy atom. The van der Waals surface area contributed by atoms with Crippen molar-refractivity contribution in [1.29, 1.82) is 0 Å². The summed E-state index contributed by atoms with van der Waals surface area (Å²) in [7, 11) is 0. The van der Waals surface area contributed by atoms with Gasteiger partial charge in [0.05, 0.1) is 0 Å². The lowest BCUT2D eigenvalue weighted by Gasteiger charge is -2.31. The first-order valence-corrected chi connectivity index (χ1v) is 6.42. The third-order valence-electron chi connectivity index (χ3n) is 3.11. The molecule has 0 bridgehead atoms. The summed E-state index contributed by atoms with van der Waals surface area (Å²) >= 11 is 0. The molecule has 96 valence electrons. The zero-order valence-electron chi connectivity index (χ0n) is 11.2. The molecule has 2 N–H and O–H groups in total. The molecule has 0 saturated carbocycles. The summed E-state index contributed by atoms with van der Waals surface area (Å²) in [6, 6.07) is 10.9. The highest BCUT2D eigenvalue weighted by molar-refractivity contribution is 5.14. The Bertz CT molecular complexity index is 302.